The third-order valence-electron chi connectivity index (χ3n) is 2.44. The summed E-state index contributed by atoms with van der Waals surface area (Å²) < 4.78 is 29.8. The van der Waals surface area contributed by atoms with Crippen LogP contribution in [0.5, 0.6) is 0 Å². The van der Waals surface area contributed by atoms with Crippen molar-refractivity contribution in [2.45, 2.75) is 19.9 Å². The van der Waals surface area contributed by atoms with E-state index in [0.717, 1.165) is 0 Å². The Hall–Kier alpha value is -0.660. The van der Waals surface area contributed by atoms with Crippen molar-refractivity contribution < 1.29 is 17.9 Å². The number of nitrogens with zero attached hydrogens (tertiary/aromatic N) is 1. The van der Waals surface area contributed by atoms with E-state index in [0.29, 0.717) is 19.6 Å². The first-order valence-electron chi connectivity index (χ1n) is 5.37. The van der Waals surface area contributed by atoms with E-state index in [4.69, 9.17) is 0 Å². The van der Waals surface area contributed by atoms with Gasteiger partial charge in [-0.3, -0.25) is 4.79 Å². The number of sulfonamides is 1. The second-order valence-corrected chi connectivity index (χ2v) is 5.50. The highest BCUT2D eigenvalue weighted by molar-refractivity contribution is 7.89. The van der Waals surface area contributed by atoms with Crippen LogP contribution < -0.4 is 5.32 Å². The van der Waals surface area contributed by atoms with E-state index in [9.17, 15) is 13.2 Å². The molecule has 0 aromatic carbocycles. The molecule has 0 bridgehead atoms. The number of nitrogens with one attached hydrogen (secondary N) is 1. The van der Waals surface area contributed by atoms with E-state index in [1.165, 1.54) is 4.31 Å². The molecule has 0 aromatic rings. The lowest BCUT2D eigenvalue weighted by molar-refractivity contribution is -0.140. The quantitative estimate of drug-likeness (QED) is 0.623. The highest BCUT2D eigenvalue weighted by Gasteiger charge is 2.34. The van der Waals surface area contributed by atoms with Crippen LogP contribution >= 0.6 is 0 Å². The molecular weight excluding hydrogens is 232 g/mol. The van der Waals surface area contributed by atoms with Gasteiger partial charge in [-0.1, -0.05) is 6.92 Å². The number of esters is 1. The lowest BCUT2D eigenvalue weighted by atomic mass is 10.2. The molecule has 1 saturated heterocycles. The SMILES string of the molecule is CCOC(=O)CS(=O)(=O)N(CC)C1CNC1. The first-order chi connectivity index (χ1) is 7.51. The first kappa shape index (κ1) is 13.4. The van der Waals surface area contributed by atoms with E-state index in [2.05, 4.69) is 10.1 Å². The molecule has 1 rings (SSSR count). The van der Waals surface area contributed by atoms with E-state index < -0.39 is 21.7 Å². The van der Waals surface area contributed by atoms with Crippen molar-refractivity contribution in [2.75, 3.05) is 32.0 Å². The van der Waals surface area contributed by atoms with E-state index >= 15 is 0 Å². The van der Waals surface area contributed by atoms with Crippen LogP contribution in [0.2, 0.25) is 0 Å². The Labute approximate surface area is 96.0 Å². The summed E-state index contributed by atoms with van der Waals surface area (Å²) >= 11 is 0. The fraction of sp³-hybridized carbons (Fsp3) is 0.889. The zero-order valence-corrected chi connectivity index (χ0v) is 10.4. The van der Waals surface area contributed by atoms with Crippen LogP contribution in [0.4, 0.5) is 0 Å². The summed E-state index contributed by atoms with van der Waals surface area (Å²) in [5, 5.41) is 3.00. The van der Waals surface area contributed by atoms with E-state index in [1.54, 1.807) is 13.8 Å². The lowest BCUT2D eigenvalue weighted by Crippen LogP contribution is -2.59. The van der Waals surface area contributed by atoms with Crippen molar-refractivity contribution >= 4 is 16.0 Å². The van der Waals surface area contributed by atoms with Gasteiger partial charge >= 0.3 is 5.97 Å². The molecule has 0 saturated carbocycles. The van der Waals surface area contributed by atoms with Gasteiger partial charge in [-0.05, 0) is 6.92 Å². The molecule has 1 aliphatic rings. The average molecular weight is 250 g/mol. The maximum atomic E-state index is 11.9. The summed E-state index contributed by atoms with van der Waals surface area (Å²) in [5.41, 5.74) is 0. The van der Waals surface area contributed by atoms with E-state index in [1.807, 2.05) is 0 Å². The highest BCUT2D eigenvalue weighted by atomic mass is 32.2. The molecule has 16 heavy (non-hydrogen) atoms. The molecule has 6 nitrogen and oxygen atoms in total. The third-order valence-corrected chi connectivity index (χ3v) is 4.31. The number of carbonyl (C=O) groups is 1. The normalized spacial score (nSPS) is 17.2. The fourth-order valence-electron chi connectivity index (χ4n) is 1.59. The number of ether oxygens (including phenoxy) is 1. The summed E-state index contributed by atoms with van der Waals surface area (Å²) in [6, 6.07) is -0.0237. The van der Waals surface area contributed by atoms with Crippen LogP contribution in [0.3, 0.4) is 0 Å². The minimum Gasteiger partial charge on any atom is -0.465 e. The molecule has 0 atom stereocenters. The second kappa shape index (κ2) is 5.60. The van der Waals surface area contributed by atoms with Gasteiger partial charge in [0.2, 0.25) is 10.0 Å². The minimum atomic E-state index is -3.54. The zero-order valence-electron chi connectivity index (χ0n) is 9.60. The summed E-state index contributed by atoms with van der Waals surface area (Å²) in [5.74, 6) is -1.25. The molecule has 0 radical (unpaired) electrons. The van der Waals surface area contributed by atoms with Crippen LogP contribution in [0, 0.1) is 0 Å². The second-order valence-electron chi connectivity index (χ2n) is 3.58. The number of hydrogen-bond donors (Lipinski definition) is 1. The predicted octanol–water partition coefficient (Wildman–Crippen LogP) is -0.827. The monoisotopic (exact) mass is 250 g/mol. The molecule has 1 fully saturated rings. The van der Waals surface area contributed by atoms with E-state index in [-0.39, 0.29) is 12.6 Å². The predicted molar refractivity (Wildman–Crippen MR) is 59.5 cm³/mol. The van der Waals surface area contributed by atoms with Crippen LogP contribution in [0.25, 0.3) is 0 Å². The van der Waals surface area contributed by atoms with Crippen LogP contribution in [-0.4, -0.2) is 56.7 Å². The minimum absolute atomic E-state index is 0.0237. The standard InChI is InChI=1S/C9H18N2O4S/c1-3-11(8-5-10-6-8)16(13,14)7-9(12)15-4-2/h8,10H,3-7H2,1-2H3. The number of rotatable bonds is 6. The molecule has 7 heteroatoms. The van der Waals surface area contributed by atoms with Crippen molar-refractivity contribution in [2.24, 2.45) is 0 Å². The molecule has 0 amide bonds. The molecule has 1 heterocycles. The van der Waals surface area contributed by atoms with Gasteiger partial charge in [0.25, 0.3) is 0 Å². The molecule has 0 spiro atoms. The highest BCUT2D eigenvalue weighted by Crippen LogP contribution is 2.11. The van der Waals surface area contributed by atoms with Crippen molar-refractivity contribution in [3.63, 3.8) is 0 Å². The number of likely N-dealkylation sites (N-methyl/N-ethyl adjacent to an activating group) is 1. The zero-order chi connectivity index (χ0) is 12.2. The molecule has 0 aromatic heterocycles. The van der Waals surface area contributed by atoms with Gasteiger partial charge in [0.1, 0.15) is 0 Å². The van der Waals surface area contributed by atoms with Crippen LogP contribution in [0.1, 0.15) is 13.8 Å². The smallest absolute Gasteiger partial charge is 0.322 e. The molecular formula is C9H18N2O4S. The van der Waals surface area contributed by atoms with Gasteiger partial charge in [-0.15, -0.1) is 0 Å². The fourth-order valence-corrected chi connectivity index (χ4v) is 3.14. The average Bonchev–Trinajstić information content (AvgIpc) is 2.09. The first-order valence-corrected chi connectivity index (χ1v) is 6.98. The Morgan fingerprint density at radius 2 is 2.06 bits per heavy atom. The van der Waals surface area contributed by atoms with Gasteiger partial charge in [-0.25, -0.2) is 8.42 Å². The number of hydrogen-bond acceptors (Lipinski definition) is 5. The molecule has 0 unspecified atom stereocenters. The summed E-state index contributed by atoms with van der Waals surface area (Å²) in [6.07, 6.45) is 0. The Kier molecular flexibility index (Phi) is 4.69. The Bertz CT molecular complexity index is 337. The summed E-state index contributed by atoms with van der Waals surface area (Å²) in [6.45, 7) is 5.30. The van der Waals surface area contributed by atoms with Gasteiger partial charge in [0, 0.05) is 25.7 Å². The van der Waals surface area contributed by atoms with Crippen LogP contribution in [-0.2, 0) is 19.6 Å². The van der Waals surface area contributed by atoms with Crippen molar-refractivity contribution in [1.82, 2.24) is 9.62 Å². The van der Waals surface area contributed by atoms with Crippen molar-refractivity contribution in [3.05, 3.63) is 0 Å². The maximum absolute atomic E-state index is 11.9. The van der Waals surface area contributed by atoms with Crippen LogP contribution in [0.15, 0.2) is 0 Å². The lowest BCUT2D eigenvalue weighted by Gasteiger charge is -2.36. The molecule has 0 aliphatic carbocycles. The maximum Gasteiger partial charge on any atom is 0.322 e. The van der Waals surface area contributed by atoms with Crippen molar-refractivity contribution in [1.29, 1.82) is 0 Å². The third kappa shape index (κ3) is 3.16. The van der Waals surface area contributed by atoms with Gasteiger partial charge in [0.15, 0.2) is 5.75 Å². The largest absolute Gasteiger partial charge is 0.465 e. The molecule has 94 valence electrons. The number of carbonyl (C=O) groups excluding carboxylic acids is 1. The Morgan fingerprint density at radius 3 is 2.44 bits per heavy atom. The molecule has 1 N–H and O–H groups in total. The molecule has 1 aliphatic heterocycles. The van der Waals surface area contributed by atoms with Gasteiger partial charge in [-0.2, -0.15) is 4.31 Å². The van der Waals surface area contributed by atoms with Gasteiger partial charge in [0.05, 0.1) is 6.61 Å². The van der Waals surface area contributed by atoms with Crippen molar-refractivity contribution in [3.8, 4) is 0 Å². The summed E-state index contributed by atoms with van der Waals surface area (Å²) in [7, 11) is -3.54. The Balaban J connectivity index is 2.63. The topological polar surface area (TPSA) is 75.7 Å². The van der Waals surface area contributed by atoms with Gasteiger partial charge < -0.3 is 10.1 Å². The Morgan fingerprint density at radius 1 is 1.44 bits per heavy atom. The summed E-state index contributed by atoms with van der Waals surface area (Å²) in [4.78, 5) is 11.2.